The van der Waals surface area contributed by atoms with E-state index >= 15 is 0 Å². The van der Waals surface area contributed by atoms with Gasteiger partial charge in [0.2, 0.25) is 5.91 Å². The summed E-state index contributed by atoms with van der Waals surface area (Å²) >= 11 is 0. The summed E-state index contributed by atoms with van der Waals surface area (Å²) < 4.78 is 5.17. The van der Waals surface area contributed by atoms with Gasteiger partial charge in [0.25, 0.3) is 0 Å². The van der Waals surface area contributed by atoms with Crippen molar-refractivity contribution in [3.05, 3.63) is 29.8 Å². The molecule has 0 radical (unpaired) electrons. The third-order valence-corrected chi connectivity index (χ3v) is 4.38. The molecule has 24 heavy (non-hydrogen) atoms. The highest BCUT2D eigenvalue weighted by Gasteiger charge is 2.20. The summed E-state index contributed by atoms with van der Waals surface area (Å²) in [6, 6.07) is 7.13. The highest BCUT2D eigenvalue weighted by molar-refractivity contribution is 5.93. The van der Waals surface area contributed by atoms with Gasteiger partial charge >= 0.3 is 5.97 Å². The van der Waals surface area contributed by atoms with E-state index < -0.39 is 0 Å². The van der Waals surface area contributed by atoms with Gasteiger partial charge in [-0.25, -0.2) is 4.79 Å². The molecule has 1 aliphatic heterocycles. The summed E-state index contributed by atoms with van der Waals surface area (Å²) in [6.07, 6.45) is 4.80. The average Bonchev–Trinajstić information content (AvgIpc) is 3.10. The lowest BCUT2D eigenvalue weighted by molar-refractivity contribution is -0.117. The maximum absolute atomic E-state index is 12.1. The number of rotatable bonds is 8. The van der Waals surface area contributed by atoms with Crippen LogP contribution in [0.2, 0.25) is 0 Å². The van der Waals surface area contributed by atoms with Crippen LogP contribution in [0.15, 0.2) is 24.3 Å². The van der Waals surface area contributed by atoms with Crippen molar-refractivity contribution < 1.29 is 14.3 Å². The van der Waals surface area contributed by atoms with Crippen molar-refractivity contribution >= 4 is 17.6 Å². The van der Waals surface area contributed by atoms with Gasteiger partial charge in [0.1, 0.15) is 0 Å². The van der Waals surface area contributed by atoms with Crippen LogP contribution in [0.4, 0.5) is 5.69 Å². The molecule has 1 amide bonds. The second-order valence-electron chi connectivity index (χ2n) is 6.41. The first-order chi connectivity index (χ1) is 11.6. The number of nitrogens with zero attached hydrogens (tertiary/aromatic N) is 1. The Balaban J connectivity index is 1.80. The monoisotopic (exact) mass is 332 g/mol. The molecule has 0 spiro atoms. The lowest BCUT2D eigenvalue weighted by Gasteiger charge is -2.23. The van der Waals surface area contributed by atoms with Crippen molar-refractivity contribution in [3.63, 3.8) is 0 Å². The van der Waals surface area contributed by atoms with Crippen LogP contribution in [0.3, 0.4) is 0 Å². The summed E-state index contributed by atoms with van der Waals surface area (Å²) in [4.78, 5) is 26.3. The molecule has 0 bridgehead atoms. The first kappa shape index (κ1) is 18.5. The fraction of sp³-hybridized carbons (Fsp3) is 0.579. The lowest BCUT2D eigenvalue weighted by atomic mass is 10.1. The molecule has 1 fully saturated rings. The number of anilines is 1. The third kappa shape index (κ3) is 5.64. The van der Waals surface area contributed by atoms with Crippen LogP contribution in [0.1, 0.15) is 56.3 Å². The van der Waals surface area contributed by atoms with Crippen molar-refractivity contribution in [2.75, 3.05) is 25.0 Å². The van der Waals surface area contributed by atoms with Gasteiger partial charge in [0.15, 0.2) is 0 Å². The number of benzene rings is 1. The number of carbonyl (C=O) groups excluding carboxylic acids is 2. The highest BCUT2D eigenvalue weighted by atomic mass is 16.5. The predicted molar refractivity (Wildman–Crippen MR) is 95.1 cm³/mol. The molecule has 1 saturated heterocycles. The Morgan fingerprint density at radius 3 is 2.50 bits per heavy atom. The van der Waals surface area contributed by atoms with Crippen molar-refractivity contribution in [1.82, 2.24) is 4.90 Å². The molecule has 1 aromatic carbocycles. The normalized spacial score (nSPS) is 15.9. The Kier molecular flexibility index (Phi) is 7.25. The van der Waals surface area contributed by atoms with Gasteiger partial charge in [-0.3, -0.25) is 4.79 Å². The molecule has 0 saturated carbocycles. The van der Waals surface area contributed by atoms with Gasteiger partial charge in [0.05, 0.1) is 12.2 Å². The summed E-state index contributed by atoms with van der Waals surface area (Å²) in [5.74, 6) is -0.309. The van der Waals surface area contributed by atoms with Crippen LogP contribution in [0.25, 0.3) is 0 Å². The number of esters is 1. The minimum Gasteiger partial charge on any atom is -0.462 e. The minimum absolute atomic E-state index is 0.00710. The van der Waals surface area contributed by atoms with Gasteiger partial charge in [-0.05, 0) is 63.5 Å². The zero-order valence-electron chi connectivity index (χ0n) is 14.7. The van der Waals surface area contributed by atoms with E-state index in [9.17, 15) is 9.59 Å². The van der Waals surface area contributed by atoms with E-state index in [2.05, 4.69) is 24.1 Å². The molecule has 5 heteroatoms. The second-order valence-corrected chi connectivity index (χ2v) is 6.41. The maximum atomic E-state index is 12.1. The highest BCUT2D eigenvalue weighted by Crippen LogP contribution is 2.15. The molecule has 2 rings (SSSR count). The fourth-order valence-electron chi connectivity index (χ4n) is 2.87. The maximum Gasteiger partial charge on any atom is 0.338 e. The fourth-order valence-corrected chi connectivity index (χ4v) is 2.87. The smallest absolute Gasteiger partial charge is 0.338 e. The van der Waals surface area contributed by atoms with E-state index in [4.69, 9.17) is 4.74 Å². The number of likely N-dealkylation sites (tertiary alicyclic amines) is 1. The van der Waals surface area contributed by atoms with E-state index in [-0.39, 0.29) is 17.9 Å². The zero-order valence-corrected chi connectivity index (χ0v) is 14.7. The number of hydrogen-bond acceptors (Lipinski definition) is 4. The molecule has 1 aliphatic rings. The number of carbonyl (C=O) groups is 2. The lowest BCUT2D eigenvalue weighted by Crippen LogP contribution is -2.33. The molecular formula is C19H28N2O3. The second kappa shape index (κ2) is 9.42. The van der Waals surface area contributed by atoms with Gasteiger partial charge in [-0.1, -0.05) is 13.3 Å². The third-order valence-electron chi connectivity index (χ3n) is 4.38. The van der Waals surface area contributed by atoms with Crippen LogP contribution >= 0.6 is 0 Å². The van der Waals surface area contributed by atoms with Crippen LogP contribution in [0.5, 0.6) is 0 Å². The summed E-state index contributed by atoms with van der Waals surface area (Å²) in [5.41, 5.74) is 1.22. The van der Waals surface area contributed by atoms with Crippen LogP contribution < -0.4 is 5.32 Å². The largest absolute Gasteiger partial charge is 0.462 e. The molecule has 1 heterocycles. The molecule has 1 atom stereocenters. The Hall–Kier alpha value is -1.88. The minimum atomic E-state index is -0.316. The molecular weight excluding hydrogens is 304 g/mol. The van der Waals surface area contributed by atoms with Crippen molar-refractivity contribution in [2.24, 2.45) is 0 Å². The molecule has 0 aromatic heterocycles. The Labute approximate surface area is 144 Å². The average molecular weight is 332 g/mol. The van der Waals surface area contributed by atoms with E-state index in [0.29, 0.717) is 24.3 Å². The molecule has 5 nitrogen and oxygen atoms in total. The Morgan fingerprint density at radius 1 is 1.21 bits per heavy atom. The molecule has 1 aromatic rings. The summed E-state index contributed by atoms with van der Waals surface area (Å²) in [7, 11) is 0. The molecule has 132 valence electrons. The quantitative estimate of drug-likeness (QED) is 0.585. The van der Waals surface area contributed by atoms with E-state index in [1.54, 1.807) is 24.3 Å². The molecule has 1 unspecified atom stereocenters. The molecule has 0 aliphatic carbocycles. The summed E-state index contributed by atoms with van der Waals surface area (Å²) in [6.45, 7) is 6.77. The first-order valence-electron chi connectivity index (χ1n) is 8.91. The van der Waals surface area contributed by atoms with Gasteiger partial charge < -0.3 is 15.0 Å². The standard InChI is InChI=1S/C19H28N2O3/c1-3-4-13-24-19(23)16-7-9-17(10-8-16)20-18(22)14-15(2)21-11-5-6-12-21/h7-10,15H,3-6,11-14H2,1-2H3,(H,20,22). The van der Waals surface area contributed by atoms with Gasteiger partial charge in [0, 0.05) is 18.2 Å². The number of unbranched alkanes of at least 4 members (excludes halogenated alkanes) is 1. The number of amides is 1. The number of ether oxygens (including phenoxy) is 1. The van der Waals surface area contributed by atoms with E-state index in [1.165, 1.54) is 12.8 Å². The van der Waals surface area contributed by atoms with E-state index in [0.717, 1.165) is 25.9 Å². The predicted octanol–water partition coefficient (Wildman–Crippen LogP) is 3.46. The molecule has 1 N–H and O–H groups in total. The topological polar surface area (TPSA) is 58.6 Å². The van der Waals surface area contributed by atoms with Crippen LogP contribution in [-0.2, 0) is 9.53 Å². The van der Waals surface area contributed by atoms with E-state index in [1.807, 2.05) is 0 Å². The SMILES string of the molecule is CCCCOC(=O)c1ccc(NC(=O)CC(C)N2CCCC2)cc1. The Bertz CT molecular complexity index is 536. The van der Waals surface area contributed by atoms with Crippen molar-refractivity contribution in [3.8, 4) is 0 Å². The van der Waals surface area contributed by atoms with Crippen LogP contribution in [0, 0.1) is 0 Å². The van der Waals surface area contributed by atoms with Crippen molar-refractivity contribution in [1.29, 1.82) is 0 Å². The van der Waals surface area contributed by atoms with Crippen LogP contribution in [-0.4, -0.2) is 42.5 Å². The van der Waals surface area contributed by atoms with Gasteiger partial charge in [-0.2, -0.15) is 0 Å². The first-order valence-corrected chi connectivity index (χ1v) is 8.91. The number of nitrogens with one attached hydrogen (secondary N) is 1. The Morgan fingerprint density at radius 2 is 1.88 bits per heavy atom. The zero-order chi connectivity index (χ0) is 17.4. The number of hydrogen-bond donors (Lipinski definition) is 1. The van der Waals surface area contributed by atoms with Crippen molar-refractivity contribution in [2.45, 2.75) is 52.0 Å². The summed E-state index contributed by atoms with van der Waals surface area (Å²) in [5, 5.41) is 2.90. The van der Waals surface area contributed by atoms with Gasteiger partial charge in [-0.15, -0.1) is 0 Å².